The van der Waals surface area contributed by atoms with Crippen LogP contribution in [0.1, 0.15) is 17.2 Å². The highest BCUT2D eigenvalue weighted by Crippen LogP contribution is 2.43. The molecule has 32 heavy (non-hydrogen) atoms. The number of amides is 2. The maximum absolute atomic E-state index is 13.4. The summed E-state index contributed by atoms with van der Waals surface area (Å²) in [6, 6.07) is 10.4. The minimum absolute atomic E-state index is 0.00937. The van der Waals surface area contributed by atoms with Gasteiger partial charge in [0.15, 0.2) is 11.5 Å². The lowest BCUT2D eigenvalue weighted by Crippen LogP contribution is -2.44. The summed E-state index contributed by atoms with van der Waals surface area (Å²) in [5.74, 6) is 0.438. The van der Waals surface area contributed by atoms with Crippen LogP contribution < -0.4 is 19.0 Å². The maximum Gasteiger partial charge on any atom is 0.586 e. The second-order valence-electron chi connectivity index (χ2n) is 7.44. The molecule has 12 heteroatoms. The first-order chi connectivity index (χ1) is 15.0. The Kier molecular flexibility index (Phi) is 5.59. The highest BCUT2D eigenvalue weighted by atomic mass is 32.2. The van der Waals surface area contributed by atoms with Gasteiger partial charge < -0.3 is 19.1 Å². The molecule has 2 heterocycles. The fraction of sp³-hybridized carbons (Fsp3) is 0.350. The summed E-state index contributed by atoms with van der Waals surface area (Å²) in [5.41, 5.74) is 1.45. The first-order valence-electron chi connectivity index (χ1n) is 9.63. The minimum atomic E-state index is -3.76. The first kappa shape index (κ1) is 22.1. The number of nitrogens with zero attached hydrogens (tertiary/aromatic N) is 2. The molecule has 1 atom stereocenters. The number of halogens is 2. The van der Waals surface area contributed by atoms with Crippen LogP contribution in [0.15, 0.2) is 42.5 Å². The Morgan fingerprint density at radius 2 is 1.84 bits per heavy atom. The van der Waals surface area contributed by atoms with Gasteiger partial charge in [-0.2, -0.15) is 0 Å². The number of alkyl halides is 2. The summed E-state index contributed by atoms with van der Waals surface area (Å²) >= 11 is 0. The molecule has 0 radical (unpaired) electrons. The number of hydrogen-bond acceptors (Lipinski definition) is 6. The van der Waals surface area contributed by atoms with Crippen LogP contribution in [0.2, 0.25) is 0 Å². The average molecular weight is 469 g/mol. The van der Waals surface area contributed by atoms with Crippen LogP contribution in [0, 0.1) is 0 Å². The monoisotopic (exact) mass is 469 g/mol. The molecule has 2 aliphatic heterocycles. The van der Waals surface area contributed by atoms with E-state index in [2.05, 4.69) is 14.3 Å². The number of carbonyl (C=O) groups excluding carboxylic acids is 1. The van der Waals surface area contributed by atoms with Crippen LogP contribution in [-0.2, 0) is 16.4 Å². The molecule has 0 spiro atoms. The molecule has 0 bridgehead atoms. The van der Waals surface area contributed by atoms with Crippen molar-refractivity contribution in [3.63, 3.8) is 0 Å². The van der Waals surface area contributed by atoms with Crippen molar-refractivity contribution in [3.8, 4) is 17.2 Å². The lowest BCUT2D eigenvalue weighted by Gasteiger charge is -2.23. The van der Waals surface area contributed by atoms with Crippen LogP contribution in [0.3, 0.4) is 0 Å². The molecule has 1 unspecified atom stereocenters. The fourth-order valence-corrected chi connectivity index (χ4v) is 4.22. The number of rotatable bonds is 7. The Bertz CT molecular complexity index is 1130. The van der Waals surface area contributed by atoms with Crippen molar-refractivity contribution < 1.29 is 36.2 Å². The van der Waals surface area contributed by atoms with Crippen LogP contribution in [0.5, 0.6) is 17.2 Å². The minimum Gasteiger partial charge on any atom is -0.497 e. The predicted octanol–water partition coefficient (Wildman–Crippen LogP) is 2.50. The number of nitrogens with one attached hydrogen (secondary N) is 1. The summed E-state index contributed by atoms with van der Waals surface area (Å²) in [4.78, 5) is 16.6. The van der Waals surface area contributed by atoms with Crippen LogP contribution in [0.4, 0.5) is 13.6 Å². The Hall–Kier alpha value is -3.12. The van der Waals surface area contributed by atoms with E-state index in [1.165, 1.54) is 17.0 Å². The Morgan fingerprint density at radius 3 is 2.50 bits per heavy atom. The third-order valence-corrected chi connectivity index (χ3v) is 5.65. The molecule has 1 fully saturated rings. The lowest BCUT2D eigenvalue weighted by molar-refractivity contribution is -0.286. The van der Waals surface area contributed by atoms with Gasteiger partial charge in [0.25, 0.3) is 0 Å². The van der Waals surface area contributed by atoms with E-state index in [1.807, 2.05) is 12.1 Å². The zero-order chi connectivity index (χ0) is 23.1. The van der Waals surface area contributed by atoms with E-state index >= 15 is 0 Å². The summed E-state index contributed by atoms with van der Waals surface area (Å²) in [6.45, 7) is 0.257. The topological polar surface area (TPSA) is 97.4 Å². The summed E-state index contributed by atoms with van der Waals surface area (Å²) in [6.07, 6.45) is -2.33. The number of ether oxygens (including phenoxy) is 3. The van der Waals surface area contributed by atoms with Crippen molar-refractivity contribution >= 4 is 16.1 Å². The maximum atomic E-state index is 13.4. The number of sulfonamides is 1. The average Bonchev–Trinajstić information content (AvgIpc) is 3.19. The zero-order valence-corrected chi connectivity index (χ0v) is 18.1. The molecule has 0 saturated carbocycles. The fourth-order valence-electron chi connectivity index (χ4n) is 3.67. The van der Waals surface area contributed by atoms with Gasteiger partial charge in [0, 0.05) is 6.54 Å². The number of methoxy groups -OCH3 is 1. The smallest absolute Gasteiger partial charge is 0.497 e. The van der Waals surface area contributed by atoms with Crippen molar-refractivity contribution in [2.45, 2.75) is 18.8 Å². The number of benzene rings is 2. The zero-order valence-electron chi connectivity index (χ0n) is 17.2. The van der Waals surface area contributed by atoms with Crippen LogP contribution >= 0.6 is 0 Å². The SMILES string of the molecule is COc1ccc(CCN2C(=O)N(NS(C)(=O)=O)CC2c2ccc3c(c2)OC(F)(F)O3)cc1. The molecule has 2 aliphatic rings. The molecule has 1 saturated heterocycles. The van der Waals surface area contributed by atoms with E-state index in [0.717, 1.165) is 16.8 Å². The molecule has 172 valence electrons. The molecule has 0 aromatic heterocycles. The Balaban J connectivity index is 1.58. The molecule has 0 aliphatic carbocycles. The second kappa shape index (κ2) is 8.10. The Labute approximate surface area is 183 Å². The summed E-state index contributed by atoms with van der Waals surface area (Å²) in [7, 11) is -2.14. The third kappa shape index (κ3) is 4.70. The van der Waals surface area contributed by atoms with E-state index in [4.69, 9.17) is 4.74 Å². The summed E-state index contributed by atoms with van der Waals surface area (Å²) < 4.78 is 64.2. The van der Waals surface area contributed by atoms with Gasteiger partial charge in [-0.25, -0.2) is 18.2 Å². The number of hydrogen-bond donors (Lipinski definition) is 1. The van der Waals surface area contributed by atoms with Crippen molar-refractivity contribution in [1.82, 2.24) is 14.7 Å². The largest absolute Gasteiger partial charge is 0.586 e. The molecule has 9 nitrogen and oxygen atoms in total. The van der Waals surface area contributed by atoms with Gasteiger partial charge in [-0.05, 0) is 41.8 Å². The van der Waals surface area contributed by atoms with Crippen LogP contribution in [0.25, 0.3) is 0 Å². The first-order valence-corrected chi connectivity index (χ1v) is 11.5. The standard InChI is InChI=1S/C20H21F2N3O6S/c1-29-15-6-3-13(4-7-15)9-10-24-16(12-25(19(24)26)23-32(2,27)28)14-5-8-17-18(11-14)31-20(21,22)30-17/h3-8,11,16,23H,9-10,12H2,1-2H3. The molecule has 2 aromatic carbocycles. The van der Waals surface area contributed by atoms with Crippen molar-refractivity contribution in [3.05, 3.63) is 53.6 Å². The van der Waals surface area contributed by atoms with Crippen LogP contribution in [-0.4, -0.2) is 57.1 Å². The Morgan fingerprint density at radius 1 is 1.16 bits per heavy atom. The summed E-state index contributed by atoms with van der Waals surface area (Å²) in [5, 5.41) is 0.993. The molecule has 4 rings (SSSR count). The highest BCUT2D eigenvalue weighted by molar-refractivity contribution is 7.88. The van der Waals surface area contributed by atoms with Gasteiger partial charge in [-0.1, -0.05) is 18.2 Å². The predicted molar refractivity (Wildman–Crippen MR) is 109 cm³/mol. The van der Waals surface area contributed by atoms with Crippen molar-refractivity contribution in [2.75, 3.05) is 26.5 Å². The van der Waals surface area contributed by atoms with E-state index in [-0.39, 0.29) is 24.6 Å². The number of carbonyl (C=O) groups is 1. The van der Waals surface area contributed by atoms with E-state index in [0.29, 0.717) is 17.7 Å². The van der Waals surface area contributed by atoms with Gasteiger partial charge in [0.1, 0.15) is 5.75 Å². The van der Waals surface area contributed by atoms with Gasteiger partial charge in [0.05, 0.1) is 26.0 Å². The quantitative estimate of drug-likeness (QED) is 0.669. The number of urea groups is 1. The molecular weight excluding hydrogens is 448 g/mol. The molecule has 2 amide bonds. The molecular formula is C20H21F2N3O6S. The number of fused-ring (bicyclic) bond motifs is 1. The van der Waals surface area contributed by atoms with Crippen molar-refractivity contribution in [2.24, 2.45) is 0 Å². The van der Waals surface area contributed by atoms with Gasteiger partial charge >= 0.3 is 12.3 Å². The van der Waals surface area contributed by atoms with E-state index in [9.17, 15) is 22.0 Å². The van der Waals surface area contributed by atoms with Crippen molar-refractivity contribution in [1.29, 1.82) is 0 Å². The van der Waals surface area contributed by atoms with E-state index < -0.39 is 28.4 Å². The van der Waals surface area contributed by atoms with E-state index in [1.54, 1.807) is 25.3 Å². The third-order valence-electron chi connectivity index (χ3n) is 5.09. The number of hydrazine groups is 1. The van der Waals surface area contributed by atoms with Gasteiger partial charge in [0.2, 0.25) is 10.0 Å². The molecule has 2 aromatic rings. The normalized spacial score (nSPS) is 19.5. The van der Waals surface area contributed by atoms with Gasteiger partial charge in [-0.15, -0.1) is 13.6 Å². The second-order valence-corrected chi connectivity index (χ2v) is 9.16. The molecule has 1 N–H and O–H groups in total. The van der Waals surface area contributed by atoms with Gasteiger partial charge in [-0.3, -0.25) is 0 Å². The lowest BCUT2D eigenvalue weighted by atomic mass is 10.0. The highest BCUT2D eigenvalue weighted by Gasteiger charge is 2.45.